The minimum absolute atomic E-state index is 0.0835. The molecule has 0 saturated carbocycles. The Morgan fingerprint density at radius 3 is 2.47 bits per heavy atom. The summed E-state index contributed by atoms with van der Waals surface area (Å²) in [6, 6.07) is 3.36. The van der Waals surface area contributed by atoms with Crippen molar-refractivity contribution < 1.29 is 13.6 Å². The summed E-state index contributed by atoms with van der Waals surface area (Å²) in [6.45, 7) is 4.01. The Kier molecular flexibility index (Phi) is 5.26. The highest BCUT2D eigenvalue weighted by Gasteiger charge is 2.18. The van der Waals surface area contributed by atoms with Crippen LogP contribution in [0.2, 0.25) is 0 Å². The van der Waals surface area contributed by atoms with Gasteiger partial charge in [-0.05, 0) is 31.0 Å². The smallest absolute Gasteiger partial charge is 0.166 e. The van der Waals surface area contributed by atoms with E-state index in [2.05, 4.69) is 6.92 Å². The molecule has 0 N–H and O–H groups in total. The third kappa shape index (κ3) is 3.62. The molecule has 3 heteroatoms. The minimum Gasteiger partial charge on any atom is -0.294 e. The number of benzene rings is 1. The standard InChI is InChI=1S/C14H18F2O/c1-3-5-6-10(4-2)14(17)11-7-8-12(15)13(16)9-11/h7-10H,3-6H2,1-2H3. The number of carbonyl (C=O) groups excluding carboxylic acids is 1. The highest BCUT2D eigenvalue weighted by molar-refractivity contribution is 5.97. The highest BCUT2D eigenvalue weighted by atomic mass is 19.2. The van der Waals surface area contributed by atoms with Gasteiger partial charge < -0.3 is 0 Å². The van der Waals surface area contributed by atoms with Crippen molar-refractivity contribution in [2.75, 3.05) is 0 Å². The lowest BCUT2D eigenvalue weighted by molar-refractivity contribution is 0.0907. The van der Waals surface area contributed by atoms with Crippen LogP contribution in [0, 0.1) is 17.6 Å². The fraction of sp³-hybridized carbons (Fsp3) is 0.500. The zero-order chi connectivity index (χ0) is 12.8. The first-order valence-corrected chi connectivity index (χ1v) is 6.09. The molecule has 1 aromatic carbocycles. The number of halogens is 2. The maximum absolute atomic E-state index is 13.0. The fourth-order valence-corrected chi connectivity index (χ4v) is 1.86. The lowest BCUT2D eigenvalue weighted by Crippen LogP contribution is -2.14. The van der Waals surface area contributed by atoms with Gasteiger partial charge in [0.1, 0.15) is 0 Å². The molecule has 1 rings (SSSR count). The highest BCUT2D eigenvalue weighted by Crippen LogP contribution is 2.20. The second kappa shape index (κ2) is 6.48. The molecule has 0 spiro atoms. The molecule has 94 valence electrons. The third-order valence-corrected chi connectivity index (χ3v) is 2.97. The van der Waals surface area contributed by atoms with Crippen molar-refractivity contribution in [3.63, 3.8) is 0 Å². The molecule has 0 bridgehead atoms. The molecule has 0 heterocycles. The van der Waals surface area contributed by atoms with Gasteiger partial charge in [0.05, 0.1) is 0 Å². The molecule has 0 aromatic heterocycles. The van der Waals surface area contributed by atoms with Crippen molar-refractivity contribution in [1.29, 1.82) is 0 Å². The maximum Gasteiger partial charge on any atom is 0.166 e. The lowest BCUT2D eigenvalue weighted by atomic mass is 9.90. The summed E-state index contributed by atoms with van der Waals surface area (Å²) in [6.07, 6.45) is 3.55. The Balaban J connectivity index is 2.82. The van der Waals surface area contributed by atoms with Gasteiger partial charge in [-0.2, -0.15) is 0 Å². The molecule has 0 saturated heterocycles. The van der Waals surface area contributed by atoms with E-state index in [-0.39, 0.29) is 17.3 Å². The van der Waals surface area contributed by atoms with Gasteiger partial charge in [0.2, 0.25) is 0 Å². The quantitative estimate of drug-likeness (QED) is 0.675. The summed E-state index contributed by atoms with van der Waals surface area (Å²) < 4.78 is 25.8. The third-order valence-electron chi connectivity index (χ3n) is 2.97. The molecule has 0 aliphatic heterocycles. The largest absolute Gasteiger partial charge is 0.294 e. The monoisotopic (exact) mass is 240 g/mol. The van der Waals surface area contributed by atoms with Gasteiger partial charge in [0, 0.05) is 11.5 Å². The second-order valence-electron chi connectivity index (χ2n) is 4.24. The van der Waals surface area contributed by atoms with Gasteiger partial charge >= 0.3 is 0 Å². The molecule has 0 radical (unpaired) electrons. The first kappa shape index (κ1) is 13.8. The number of Topliss-reactive ketones (excluding diaryl/α,β-unsaturated/α-hetero) is 1. The van der Waals surface area contributed by atoms with Crippen molar-refractivity contribution in [3.8, 4) is 0 Å². The number of carbonyl (C=O) groups is 1. The predicted octanol–water partition coefficient (Wildman–Crippen LogP) is 4.36. The molecule has 1 unspecified atom stereocenters. The van der Waals surface area contributed by atoms with Gasteiger partial charge in [-0.3, -0.25) is 4.79 Å². The Bertz CT molecular complexity index is 388. The molecule has 1 nitrogen and oxygen atoms in total. The molecule has 1 atom stereocenters. The maximum atomic E-state index is 13.0. The molecule has 0 fully saturated rings. The predicted molar refractivity (Wildman–Crippen MR) is 64.0 cm³/mol. The Labute approximate surface area is 101 Å². The molecular weight excluding hydrogens is 222 g/mol. The van der Waals surface area contributed by atoms with Gasteiger partial charge in [0.15, 0.2) is 17.4 Å². The van der Waals surface area contributed by atoms with Crippen LogP contribution in [-0.4, -0.2) is 5.78 Å². The van der Waals surface area contributed by atoms with E-state index in [0.29, 0.717) is 0 Å². The number of hydrogen-bond acceptors (Lipinski definition) is 1. The van der Waals surface area contributed by atoms with Crippen LogP contribution in [0.5, 0.6) is 0 Å². The molecule has 1 aromatic rings. The SMILES string of the molecule is CCCCC(CC)C(=O)c1ccc(F)c(F)c1. The average molecular weight is 240 g/mol. The van der Waals surface area contributed by atoms with E-state index in [1.807, 2.05) is 6.92 Å². The first-order valence-electron chi connectivity index (χ1n) is 6.09. The number of ketones is 1. The van der Waals surface area contributed by atoms with E-state index >= 15 is 0 Å². The fourth-order valence-electron chi connectivity index (χ4n) is 1.86. The van der Waals surface area contributed by atoms with Crippen molar-refractivity contribution in [1.82, 2.24) is 0 Å². The Morgan fingerprint density at radius 2 is 1.94 bits per heavy atom. The normalized spacial score (nSPS) is 12.5. The van der Waals surface area contributed by atoms with Crippen molar-refractivity contribution in [2.24, 2.45) is 5.92 Å². The van der Waals surface area contributed by atoms with Gasteiger partial charge in [-0.25, -0.2) is 8.78 Å². The molecule has 0 amide bonds. The molecular formula is C14H18F2O. The lowest BCUT2D eigenvalue weighted by Gasteiger charge is -2.13. The summed E-state index contributed by atoms with van der Waals surface area (Å²) in [5.74, 6) is -2.04. The van der Waals surface area contributed by atoms with Crippen LogP contribution in [0.3, 0.4) is 0 Å². The molecule has 0 aliphatic rings. The van der Waals surface area contributed by atoms with Crippen LogP contribution in [-0.2, 0) is 0 Å². The molecule has 0 aliphatic carbocycles. The van der Waals surface area contributed by atoms with Gasteiger partial charge in [-0.1, -0.05) is 26.7 Å². The Morgan fingerprint density at radius 1 is 1.24 bits per heavy atom. The number of unbranched alkanes of at least 4 members (excludes halogenated alkanes) is 1. The van der Waals surface area contributed by atoms with Crippen LogP contribution in [0.4, 0.5) is 8.78 Å². The van der Waals surface area contributed by atoms with Gasteiger partial charge in [0.25, 0.3) is 0 Å². The zero-order valence-corrected chi connectivity index (χ0v) is 10.3. The topological polar surface area (TPSA) is 17.1 Å². The Hall–Kier alpha value is -1.25. The number of hydrogen-bond donors (Lipinski definition) is 0. The van der Waals surface area contributed by atoms with Crippen molar-refractivity contribution >= 4 is 5.78 Å². The summed E-state index contributed by atoms with van der Waals surface area (Å²) in [4.78, 5) is 12.1. The average Bonchev–Trinajstić information content (AvgIpc) is 2.33. The zero-order valence-electron chi connectivity index (χ0n) is 10.3. The van der Waals surface area contributed by atoms with E-state index in [9.17, 15) is 13.6 Å². The van der Waals surface area contributed by atoms with Crippen molar-refractivity contribution in [3.05, 3.63) is 35.4 Å². The first-order chi connectivity index (χ1) is 8.10. The van der Waals surface area contributed by atoms with E-state index in [0.717, 1.165) is 37.8 Å². The van der Waals surface area contributed by atoms with Gasteiger partial charge in [-0.15, -0.1) is 0 Å². The van der Waals surface area contributed by atoms with E-state index < -0.39 is 11.6 Å². The van der Waals surface area contributed by atoms with Crippen LogP contribution >= 0.6 is 0 Å². The van der Waals surface area contributed by atoms with Crippen LogP contribution < -0.4 is 0 Å². The second-order valence-corrected chi connectivity index (χ2v) is 4.24. The summed E-state index contributed by atoms with van der Waals surface area (Å²) in [5, 5.41) is 0. The molecule has 17 heavy (non-hydrogen) atoms. The van der Waals surface area contributed by atoms with Crippen LogP contribution in [0.1, 0.15) is 49.9 Å². The van der Waals surface area contributed by atoms with Crippen LogP contribution in [0.15, 0.2) is 18.2 Å². The van der Waals surface area contributed by atoms with E-state index in [1.54, 1.807) is 0 Å². The summed E-state index contributed by atoms with van der Waals surface area (Å²) in [5.41, 5.74) is 0.270. The minimum atomic E-state index is -0.957. The number of rotatable bonds is 6. The summed E-state index contributed by atoms with van der Waals surface area (Å²) in [7, 11) is 0. The van der Waals surface area contributed by atoms with E-state index in [4.69, 9.17) is 0 Å². The van der Waals surface area contributed by atoms with E-state index in [1.165, 1.54) is 6.07 Å². The van der Waals surface area contributed by atoms with Crippen LogP contribution in [0.25, 0.3) is 0 Å². The van der Waals surface area contributed by atoms with Crippen molar-refractivity contribution in [2.45, 2.75) is 39.5 Å². The summed E-state index contributed by atoms with van der Waals surface area (Å²) >= 11 is 0.